The summed E-state index contributed by atoms with van der Waals surface area (Å²) in [7, 11) is -0.446. The standard InChI is InChI=1S/C18H15P.C5H5O.3CO.Co/c1-4-10-16(11-5-1)19(17-12-6-2-7-13-17)18-14-8-3-9-15-18;1-2-3-4-5-6;3*1-2;/h1-15H;2-4H,1H2;;;;/q;-1;;;;/b;4-3+;;;;. The Hall–Kier alpha value is -3.03. The first-order valence-corrected chi connectivity index (χ1v) is 9.92. The maximum Gasteiger partial charge on any atom is 0 e. The topological polar surface area (TPSA) is 76.8 Å². The quantitative estimate of drug-likeness (QED) is 0.175. The molecule has 0 saturated heterocycles. The van der Waals surface area contributed by atoms with Gasteiger partial charge in [-0.3, -0.25) is 0 Å². The molecule has 4 nitrogen and oxygen atoms in total. The molecule has 0 aliphatic heterocycles. The number of carbonyl (C=O) groups excluding carboxylic acids is 1. The molecule has 0 aliphatic rings. The smallest absolute Gasteiger partial charge is 0 e. The Morgan fingerprint density at radius 2 is 0.938 bits per heavy atom. The van der Waals surface area contributed by atoms with Gasteiger partial charge in [-0.1, -0.05) is 91.0 Å². The molecule has 3 aromatic rings. The summed E-state index contributed by atoms with van der Waals surface area (Å²) in [5, 5.41) is 4.19. The van der Waals surface area contributed by atoms with Crippen molar-refractivity contribution in [2.45, 2.75) is 0 Å². The average molecular weight is 486 g/mol. The van der Waals surface area contributed by atoms with Gasteiger partial charge in [0.25, 0.3) is 0 Å². The molecule has 0 aliphatic carbocycles. The molecule has 0 unspecified atom stereocenters. The third-order valence-corrected chi connectivity index (χ3v) is 5.79. The Balaban J connectivity index is -0.000000553. The normalized spacial score (nSPS) is 8.09. The number of benzene rings is 3. The maximum absolute atomic E-state index is 9.30. The first kappa shape index (κ1) is 33.6. The van der Waals surface area contributed by atoms with Crippen molar-refractivity contribution in [1.82, 2.24) is 0 Å². The van der Waals surface area contributed by atoms with Crippen molar-refractivity contribution in [3.8, 4) is 0 Å². The summed E-state index contributed by atoms with van der Waals surface area (Å²) >= 11 is 0. The Kier molecular flexibility index (Phi) is 27.3. The molecule has 163 valence electrons. The van der Waals surface area contributed by atoms with Gasteiger partial charge in [0.05, 0.1) is 0 Å². The predicted molar refractivity (Wildman–Crippen MR) is 122 cm³/mol. The Morgan fingerprint density at radius 3 is 1.12 bits per heavy atom. The number of hydrogen-bond donors (Lipinski definition) is 0. The zero-order chi connectivity index (χ0) is 23.7. The Morgan fingerprint density at radius 1 is 0.656 bits per heavy atom. The molecule has 0 amide bonds. The van der Waals surface area contributed by atoms with Crippen LogP contribution in [0.5, 0.6) is 0 Å². The van der Waals surface area contributed by atoms with Gasteiger partial charge in [-0.15, -0.1) is 6.58 Å². The van der Waals surface area contributed by atoms with E-state index >= 15 is 0 Å². The fourth-order valence-corrected chi connectivity index (χ4v) is 4.59. The van der Waals surface area contributed by atoms with Crippen molar-refractivity contribution in [3.63, 3.8) is 0 Å². The van der Waals surface area contributed by atoms with Gasteiger partial charge in [0.2, 0.25) is 0 Å². The first-order chi connectivity index (χ1) is 15.4. The zero-order valence-electron chi connectivity index (χ0n) is 17.0. The molecule has 0 saturated carbocycles. The SMILES string of the molecule is C=C/C=C/[C-]=O.[C-]#[O+].[C-]#[O+].[C-]#[O+].[Co].c1ccc(P(c2ccccc2)c2ccccc2)cc1. The second-order valence-corrected chi connectivity index (χ2v) is 7.27. The minimum Gasteiger partial charge on any atom is -0.0622 e. The molecule has 1 radical (unpaired) electrons. The van der Waals surface area contributed by atoms with Crippen LogP contribution in [0.25, 0.3) is 0 Å². The molecule has 0 N–H and O–H groups in total. The van der Waals surface area contributed by atoms with E-state index in [-0.39, 0.29) is 16.8 Å². The van der Waals surface area contributed by atoms with E-state index in [1.165, 1.54) is 34.1 Å². The van der Waals surface area contributed by atoms with Crippen molar-refractivity contribution in [2.75, 3.05) is 0 Å². The predicted octanol–water partition coefficient (Wildman–Crippen LogP) is 4.17. The van der Waals surface area contributed by atoms with E-state index in [0.717, 1.165) is 0 Å². The van der Waals surface area contributed by atoms with E-state index in [1.807, 2.05) is 0 Å². The van der Waals surface area contributed by atoms with Gasteiger partial charge in [0.15, 0.2) is 0 Å². The van der Waals surface area contributed by atoms with Crippen LogP contribution in [0.15, 0.2) is 116 Å². The molecule has 3 rings (SSSR count). The molecule has 3 aromatic carbocycles. The molecule has 0 heterocycles. The van der Waals surface area contributed by atoms with Gasteiger partial charge >= 0.3 is 33.9 Å². The summed E-state index contributed by atoms with van der Waals surface area (Å²) < 4.78 is 22.5. The van der Waals surface area contributed by atoms with Crippen LogP contribution in [0.1, 0.15) is 0 Å². The van der Waals surface area contributed by atoms with Gasteiger partial charge in [0.1, 0.15) is 0 Å². The second kappa shape index (κ2) is 26.0. The van der Waals surface area contributed by atoms with Gasteiger partial charge < -0.3 is 4.79 Å². The maximum atomic E-state index is 9.30. The summed E-state index contributed by atoms with van der Waals surface area (Å²) in [5.74, 6) is 0. The van der Waals surface area contributed by atoms with Crippen molar-refractivity contribution in [3.05, 3.63) is 136 Å². The fourth-order valence-electron chi connectivity index (χ4n) is 2.29. The van der Waals surface area contributed by atoms with Crippen LogP contribution in [0.2, 0.25) is 0 Å². The van der Waals surface area contributed by atoms with Crippen molar-refractivity contribution >= 4 is 30.1 Å². The average Bonchev–Trinajstić information content (AvgIpc) is 2.89. The molecular weight excluding hydrogens is 466 g/mol. The van der Waals surface area contributed by atoms with E-state index in [9.17, 15) is 4.79 Å². The van der Waals surface area contributed by atoms with E-state index in [2.05, 4.69) is 118 Å². The van der Waals surface area contributed by atoms with Crippen molar-refractivity contribution in [2.24, 2.45) is 0 Å². The molecule has 0 fully saturated rings. The largest absolute Gasteiger partial charge is 0.0622 e. The fraction of sp³-hybridized carbons (Fsp3) is 0. The van der Waals surface area contributed by atoms with Crippen LogP contribution < -0.4 is 15.9 Å². The number of hydrogen-bond acceptors (Lipinski definition) is 1. The van der Waals surface area contributed by atoms with Gasteiger partial charge in [0, 0.05) is 16.8 Å². The molecule has 6 heteroatoms. The van der Waals surface area contributed by atoms with Crippen LogP contribution in [0.3, 0.4) is 0 Å². The Labute approximate surface area is 201 Å². The van der Waals surface area contributed by atoms with Crippen LogP contribution in [-0.2, 0) is 35.5 Å². The molecule has 32 heavy (non-hydrogen) atoms. The van der Waals surface area contributed by atoms with E-state index in [0.29, 0.717) is 0 Å². The van der Waals surface area contributed by atoms with Crippen LogP contribution in [-0.4, -0.2) is 6.29 Å². The zero-order valence-corrected chi connectivity index (χ0v) is 18.9. The van der Waals surface area contributed by atoms with E-state index < -0.39 is 7.92 Å². The number of allylic oxidation sites excluding steroid dienone is 3. The monoisotopic (exact) mass is 486 g/mol. The summed E-state index contributed by atoms with van der Waals surface area (Å²) in [6.07, 6.45) is 5.86. The van der Waals surface area contributed by atoms with Crippen molar-refractivity contribution in [1.29, 1.82) is 0 Å². The first-order valence-electron chi connectivity index (χ1n) is 8.58. The molecule has 0 spiro atoms. The minimum absolute atomic E-state index is 0. The number of rotatable bonds is 5. The van der Waals surface area contributed by atoms with E-state index in [1.54, 1.807) is 6.29 Å². The van der Waals surface area contributed by atoms with Gasteiger partial charge in [-0.05, 0) is 30.1 Å². The van der Waals surface area contributed by atoms with Crippen LogP contribution in [0.4, 0.5) is 0 Å². The molecule has 0 aromatic heterocycles. The van der Waals surface area contributed by atoms with Crippen molar-refractivity contribution < 1.29 is 35.5 Å². The summed E-state index contributed by atoms with van der Waals surface area (Å²) in [6, 6.07) is 32.3. The molecule has 0 atom stereocenters. The summed E-state index contributed by atoms with van der Waals surface area (Å²) in [5.41, 5.74) is 0. The molecular formula is C26H20CoO4P-. The summed E-state index contributed by atoms with van der Waals surface area (Å²) in [6.45, 7) is 16.8. The third kappa shape index (κ3) is 14.1. The minimum atomic E-state index is -0.446. The summed E-state index contributed by atoms with van der Waals surface area (Å²) in [4.78, 5) is 9.30. The Bertz CT molecular complexity index is 803. The second-order valence-electron chi connectivity index (χ2n) is 5.05. The van der Waals surface area contributed by atoms with Crippen LogP contribution >= 0.6 is 7.92 Å². The van der Waals surface area contributed by atoms with Gasteiger partial charge in [-0.25, -0.2) is 6.08 Å². The van der Waals surface area contributed by atoms with Crippen LogP contribution in [0, 0.1) is 20.0 Å². The third-order valence-electron chi connectivity index (χ3n) is 3.34. The molecule has 0 bridgehead atoms. The van der Waals surface area contributed by atoms with Gasteiger partial charge in [-0.2, -0.15) is 12.2 Å². The van der Waals surface area contributed by atoms with E-state index in [4.69, 9.17) is 14.0 Å².